The number of ether oxygens (including phenoxy) is 1. The third-order valence-corrected chi connectivity index (χ3v) is 3.22. The Kier molecular flexibility index (Phi) is 5.77. The SMILES string of the molecule is CCOC[C@@H]1CCCN([C@H](CC)C(=O)O)C1. The topological polar surface area (TPSA) is 49.8 Å². The molecule has 0 radical (unpaired) electrons. The number of nitrogens with zero attached hydrogens (tertiary/aromatic N) is 1. The van der Waals surface area contributed by atoms with Gasteiger partial charge in [-0.05, 0) is 38.6 Å². The van der Waals surface area contributed by atoms with Gasteiger partial charge in [-0.25, -0.2) is 0 Å². The minimum absolute atomic E-state index is 0.315. The van der Waals surface area contributed by atoms with Crippen molar-refractivity contribution in [2.45, 2.75) is 39.2 Å². The summed E-state index contributed by atoms with van der Waals surface area (Å²) in [6.45, 7) is 7.21. The molecule has 4 nitrogen and oxygen atoms in total. The third-order valence-electron chi connectivity index (χ3n) is 3.22. The zero-order valence-corrected chi connectivity index (χ0v) is 10.3. The number of rotatable bonds is 6. The van der Waals surface area contributed by atoms with Crippen molar-refractivity contribution in [3.05, 3.63) is 0 Å². The van der Waals surface area contributed by atoms with Crippen LogP contribution in [-0.4, -0.2) is 48.3 Å². The van der Waals surface area contributed by atoms with Gasteiger partial charge in [0.15, 0.2) is 0 Å². The maximum atomic E-state index is 11.1. The Bertz CT molecular complexity index is 220. The van der Waals surface area contributed by atoms with Gasteiger partial charge in [0.05, 0.1) is 6.61 Å². The van der Waals surface area contributed by atoms with E-state index >= 15 is 0 Å². The van der Waals surface area contributed by atoms with E-state index in [0.717, 1.165) is 39.1 Å². The number of hydrogen-bond acceptors (Lipinski definition) is 3. The van der Waals surface area contributed by atoms with Gasteiger partial charge in [-0.15, -0.1) is 0 Å². The summed E-state index contributed by atoms with van der Waals surface area (Å²) in [6, 6.07) is -0.315. The molecule has 0 unspecified atom stereocenters. The van der Waals surface area contributed by atoms with Crippen LogP contribution in [0.4, 0.5) is 0 Å². The molecule has 1 N–H and O–H groups in total. The lowest BCUT2D eigenvalue weighted by Gasteiger charge is -2.35. The smallest absolute Gasteiger partial charge is 0.320 e. The fourth-order valence-electron chi connectivity index (χ4n) is 2.39. The van der Waals surface area contributed by atoms with E-state index in [2.05, 4.69) is 4.90 Å². The van der Waals surface area contributed by atoms with E-state index in [0.29, 0.717) is 12.3 Å². The minimum atomic E-state index is -0.695. The van der Waals surface area contributed by atoms with E-state index in [4.69, 9.17) is 9.84 Å². The van der Waals surface area contributed by atoms with Crippen molar-refractivity contribution >= 4 is 5.97 Å². The molecule has 0 bridgehead atoms. The van der Waals surface area contributed by atoms with E-state index in [9.17, 15) is 4.79 Å². The Hall–Kier alpha value is -0.610. The molecule has 0 aromatic rings. The van der Waals surface area contributed by atoms with Crippen LogP contribution in [0.5, 0.6) is 0 Å². The standard InChI is InChI=1S/C12H23NO3/c1-3-11(12(14)15)13-7-5-6-10(8-13)9-16-4-2/h10-11H,3-9H2,1-2H3,(H,14,15)/t10-,11-/m1/s1. The molecule has 0 aliphatic carbocycles. The molecule has 0 amide bonds. The van der Waals surface area contributed by atoms with E-state index in [1.165, 1.54) is 0 Å². The average molecular weight is 229 g/mol. The maximum Gasteiger partial charge on any atom is 0.320 e. The van der Waals surface area contributed by atoms with Crippen LogP contribution in [0.3, 0.4) is 0 Å². The highest BCUT2D eigenvalue weighted by Gasteiger charge is 2.28. The van der Waals surface area contributed by atoms with Gasteiger partial charge in [-0.1, -0.05) is 6.92 Å². The van der Waals surface area contributed by atoms with Crippen molar-refractivity contribution in [2.75, 3.05) is 26.3 Å². The normalized spacial score (nSPS) is 24.2. The molecule has 0 aromatic heterocycles. The molecule has 1 fully saturated rings. The van der Waals surface area contributed by atoms with Crippen molar-refractivity contribution in [1.29, 1.82) is 0 Å². The van der Waals surface area contributed by atoms with Crippen LogP contribution in [0.15, 0.2) is 0 Å². The second-order valence-corrected chi connectivity index (χ2v) is 4.42. The Morgan fingerprint density at radius 3 is 2.88 bits per heavy atom. The molecule has 16 heavy (non-hydrogen) atoms. The third kappa shape index (κ3) is 3.76. The average Bonchev–Trinajstić information content (AvgIpc) is 2.27. The quantitative estimate of drug-likeness (QED) is 0.751. The number of piperidine rings is 1. The zero-order chi connectivity index (χ0) is 12.0. The first kappa shape index (κ1) is 13.5. The summed E-state index contributed by atoms with van der Waals surface area (Å²) < 4.78 is 5.42. The van der Waals surface area contributed by atoms with Crippen LogP contribution in [0.1, 0.15) is 33.1 Å². The van der Waals surface area contributed by atoms with Gasteiger partial charge in [0, 0.05) is 13.2 Å². The van der Waals surface area contributed by atoms with Crippen molar-refractivity contribution < 1.29 is 14.6 Å². The number of aliphatic carboxylic acids is 1. The summed E-state index contributed by atoms with van der Waals surface area (Å²) in [5, 5.41) is 9.11. The lowest BCUT2D eigenvalue weighted by atomic mass is 9.97. The molecule has 1 rings (SSSR count). The Morgan fingerprint density at radius 2 is 2.31 bits per heavy atom. The van der Waals surface area contributed by atoms with E-state index < -0.39 is 5.97 Å². The predicted octanol–water partition coefficient (Wildman–Crippen LogP) is 1.60. The molecule has 4 heteroatoms. The summed E-state index contributed by atoms with van der Waals surface area (Å²) in [5.74, 6) is -0.193. The summed E-state index contributed by atoms with van der Waals surface area (Å²) >= 11 is 0. The van der Waals surface area contributed by atoms with Crippen LogP contribution in [0.2, 0.25) is 0 Å². The van der Waals surface area contributed by atoms with Gasteiger partial charge < -0.3 is 9.84 Å². The van der Waals surface area contributed by atoms with Crippen molar-refractivity contribution in [3.63, 3.8) is 0 Å². The highest BCUT2D eigenvalue weighted by Crippen LogP contribution is 2.20. The highest BCUT2D eigenvalue weighted by molar-refractivity contribution is 5.73. The molecule has 1 aliphatic heterocycles. The first-order valence-electron chi connectivity index (χ1n) is 6.23. The zero-order valence-electron chi connectivity index (χ0n) is 10.3. The first-order chi connectivity index (χ1) is 7.69. The molecule has 1 aliphatic rings. The van der Waals surface area contributed by atoms with Gasteiger partial charge >= 0.3 is 5.97 Å². The van der Waals surface area contributed by atoms with E-state index in [-0.39, 0.29) is 6.04 Å². The van der Waals surface area contributed by atoms with Crippen LogP contribution in [0.25, 0.3) is 0 Å². The van der Waals surface area contributed by atoms with Gasteiger partial charge in [0.1, 0.15) is 6.04 Å². The Labute approximate surface area is 97.6 Å². The first-order valence-corrected chi connectivity index (χ1v) is 6.23. The molecule has 1 saturated heterocycles. The summed E-state index contributed by atoms with van der Waals surface area (Å²) in [5.41, 5.74) is 0. The molecule has 94 valence electrons. The van der Waals surface area contributed by atoms with Gasteiger partial charge in [0.25, 0.3) is 0 Å². The predicted molar refractivity (Wildman–Crippen MR) is 62.5 cm³/mol. The lowest BCUT2D eigenvalue weighted by Crippen LogP contribution is -2.47. The number of carboxylic acid groups (broad SMARTS) is 1. The number of carbonyl (C=O) groups is 1. The highest BCUT2D eigenvalue weighted by atomic mass is 16.5. The van der Waals surface area contributed by atoms with Gasteiger partial charge in [-0.3, -0.25) is 9.69 Å². The molecule has 2 atom stereocenters. The van der Waals surface area contributed by atoms with Crippen LogP contribution < -0.4 is 0 Å². The largest absolute Gasteiger partial charge is 0.480 e. The van der Waals surface area contributed by atoms with Crippen molar-refractivity contribution in [2.24, 2.45) is 5.92 Å². The lowest BCUT2D eigenvalue weighted by molar-refractivity contribution is -0.144. The fourth-order valence-corrected chi connectivity index (χ4v) is 2.39. The number of carboxylic acids is 1. The monoisotopic (exact) mass is 229 g/mol. The molecule has 0 saturated carbocycles. The number of hydrogen-bond donors (Lipinski definition) is 1. The molecular weight excluding hydrogens is 206 g/mol. The second-order valence-electron chi connectivity index (χ2n) is 4.42. The van der Waals surface area contributed by atoms with Crippen LogP contribution >= 0.6 is 0 Å². The summed E-state index contributed by atoms with van der Waals surface area (Å²) in [7, 11) is 0. The van der Waals surface area contributed by atoms with Crippen molar-refractivity contribution in [3.8, 4) is 0 Å². The summed E-state index contributed by atoms with van der Waals surface area (Å²) in [6.07, 6.45) is 2.92. The molecule has 1 heterocycles. The second kappa shape index (κ2) is 6.86. The molecule has 0 spiro atoms. The van der Waals surface area contributed by atoms with Gasteiger partial charge in [-0.2, -0.15) is 0 Å². The van der Waals surface area contributed by atoms with Crippen molar-refractivity contribution in [1.82, 2.24) is 4.90 Å². The van der Waals surface area contributed by atoms with E-state index in [1.54, 1.807) is 0 Å². The number of likely N-dealkylation sites (tertiary alicyclic amines) is 1. The summed E-state index contributed by atoms with van der Waals surface area (Å²) in [4.78, 5) is 13.2. The van der Waals surface area contributed by atoms with E-state index in [1.807, 2.05) is 13.8 Å². The maximum absolute atomic E-state index is 11.1. The minimum Gasteiger partial charge on any atom is -0.480 e. The Balaban J connectivity index is 2.45. The molecular formula is C12H23NO3. The molecule has 0 aromatic carbocycles. The Morgan fingerprint density at radius 1 is 1.56 bits per heavy atom. The van der Waals surface area contributed by atoms with Crippen LogP contribution in [0, 0.1) is 5.92 Å². The van der Waals surface area contributed by atoms with Gasteiger partial charge in [0.2, 0.25) is 0 Å². The fraction of sp³-hybridized carbons (Fsp3) is 0.917. The van der Waals surface area contributed by atoms with Crippen LogP contribution in [-0.2, 0) is 9.53 Å².